The molecule has 0 atom stereocenters. The summed E-state index contributed by atoms with van der Waals surface area (Å²) >= 11 is 0. The molecule has 216 valence electrons. The van der Waals surface area contributed by atoms with E-state index >= 15 is 0 Å². The fourth-order valence-electron chi connectivity index (χ4n) is 4.39. The Labute approximate surface area is 239 Å². The highest BCUT2D eigenvalue weighted by molar-refractivity contribution is 6.00. The summed E-state index contributed by atoms with van der Waals surface area (Å²) in [6.07, 6.45) is 4.40. The number of rotatable bonds is 10. The van der Waals surface area contributed by atoms with E-state index in [1.807, 2.05) is 31.1 Å². The third-order valence-electron chi connectivity index (χ3n) is 6.55. The van der Waals surface area contributed by atoms with Crippen molar-refractivity contribution >= 4 is 41.0 Å². The maximum atomic E-state index is 12.4. The lowest BCUT2D eigenvalue weighted by Gasteiger charge is -2.34. The molecule has 1 amide bonds. The van der Waals surface area contributed by atoms with Crippen molar-refractivity contribution in [1.82, 2.24) is 19.8 Å². The molecule has 1 fully saturated rings. The molecule has 40 heavy (non-hydrogen) atoms. The second-order valence-electron chi connectivity index (χ2n) is 9.87. The molecule has 4 rings (SSSR count). The Hall–Kier alpha value is -4.48. The molecule has 11 nitrogen and oxygen atoms in total. The first-order chi connectivity index (χ1) is 19.3. The quantitative estimate of drug-likeness (QED) is 0.218. The molecule has 5 N–H and O–H groups in total. The summed E-state index contributed by atoms with van der Waals surface area (Å²) in [4.78, 5) is 28.2. The summed E-state index contributed by atoms with van der Waals surface area (Å²) in [5.41, 5.74) is 10.1. The smallest absolute Gasteiger partial charge is 0.248 e. The Morgan fingerprint density at radius 3 is 2.62 bits per heavy atom. The van der Waals surface area contributed by atoms with Crippen LogP contribution in [0.15, 0.2) is 54.6 Å². The van der Waals surface area contributed by atoms with Crippen LogP contribution in [0.3, 0.4) is 0 Å². The molecule has 2 aromatic carbocycles. The number of ether oxygens (including phenoxy) is 1. The van der Waals surface area contributed by atoms with Crippen molar-refractivity contribution in [2.75, 3.05) is 82.2 Å². The van der Waals surface area contributed by atoms with Gasteiger partial charge >= 0.3 is 0 Å². The van der Waals surface area contributed by atoms with Crippen LogP contribution in [-0.4, -0.2) is 92.9 Å². The zero-order valence-electron chi connectivity index (χ0n) is 23.4. The van der Waals surface area contributed by atoms with Crippen LogP contribution in [0.5, 0.6) is 5.75 Å². The van der Waals surface area contributed by atoms with Gasteiger partial charge in [-0.25, -0.2) is 4.98 Å². The highest BCUT2D eigenvalue weighted by Gasteiger charge is 2.19. The summed E-state index contributed by atoms with van der Waals surface area (Å²) in [7, 11) is 7.55. The number of likely N-dealkylation sites (N-methyl/N-ethyl adjacent to an activating group) is 2. The number of nitrogen functional groups attached to an aromatic ring is 1. The number of piperazine rings is 1. The first-order valence-electron chi connectivity index (χ1n) is 13.1. The maximum Gasteiger partial charge on any atom is 0.248 e. The number of nitrogens with two attached hydrogens (primary N) is 1. The van der Waals surface area contributed by atoms with Gasteiger partial charge in [-0.2, -0.15) is 4.98 Å². The Morgan fingerprint density at radius 1 is 1.15 bits per heavy atom. The van der Waals surface area contributed by atoms with E-state index < -0.39 is 0 Å². The van der Waals surface area contributed by atoms with Gasteiger partial charge < -0.3 is 41.2 Å². The van der Waals surface area contributed by atoms with Gasteiger partial charge in [0.2, 0.25) is 11.9 Å². The topological polar surface area (TPSA) is 136 Å². The van der Waals surface area contributed by atoms with Gasteiger partial charge in [0, 0.05) is 71.9 Å². The summed E-state index contributed by atoms with van der Waals surface area (Å²) < 4.78 is 5.60. The first-order valence-corrected chi connectivity index (χ1v) is 13.1. The Balaban J connectivity index is 0.00000308. The number of benzene rings is 2. The van der Waals surface area contributed by atoms with E-state index in [2.05, 4.69) is 44.6 Å². The number of nitrogens with one attached hydrogen (secondary N) is 3. The van der Waals surface area contributed by atoms with E-state index in [0.717, 1.165) is 43.8 Å². The number of anilines is 5. The van der Waals surface area contributed by atoms with Gasteiger partial charge in [0.15, 0.2) is 0 Å². The van der Waals surface area contributed by atoms with E-state index in [1.165, 1.54) is 6.08 Å². The predicted octanol–water partition coefficient (Wildman–Crippen LogP) is 4.02. The average Bonchev–Trinajstić information content (AvgIpc) is 2.93. The van der Waals surface area contributed by atoms with Crippen LogP contribution in [0.4, 0.5) is 28.8 Å². The van der Waals surface area contributed by atoms with Crippen molar-refractivity contribution in [3.63, 3.8) is 0 Å². The standard InChI is InChI=1S/C29H37N9O2.3H2/c1-36(2)12-6-9-26(39)32-21-10-11-25(40-4)23(18-21)27-24(19-30)28(31)35-29(34-27)33-20-7-5-8-22(17-20)38-15-13-37(3)14-16-38;;;/h5-11,17-19,30H,12-16H2,1-4H3,(H,32,39)(H3,31,33,34,35);3*1H/b9-6+,30-19?;;;. The highest BCUT2D eigenvalue weighted by atomic mass is 16.5. The lowest BCUT2D eigenvalue weighted by atomic mass is 10.0. The lowest BCUT2D eigenvalue weighted by Crippen LogP contribution is -2.44. The number of hydrogen-bond acceptors (Lipinski definition) is 10. The molecule has 1 aliphatic rings. The molecule has 1 saturated heterocycles. The third kappa shape index (κ3) is 7.13. The summed E-state index contributed by atoms with van der Waals surface area (Å²) in [5, 5.41) is 14.1. The Kier molecular flexibility index (Phi) is 9.31. The van der Waals surface area contributed by atoms with Crippen molar-refractivity contribution in [2.24, 2.45) is 0 Å². The number of nitrogens with zero attached hydrogens (tertiary/aromatic N) is 5. The predicted molar refractivity (Wildman–Crippen MR) is 168 cm³/mol. The first kappa shape index (κ1) is 28.5. The number of carbonyl (C=O) groups is 1. The minimum Gasteiger partial charge on any atom is -0.496 e. The van der Waals surface area contributed by atoms with Crippen LogP contribution in [0.1, 0.15) is 9.84 Å². The fourth-order valence-corrected chi connectivity index (χ4v) is 4.39. The monoisotopic (exact) mass is 549 g/mol. The van der Waals surface area contributed by atoms with E-state index in [4.69, 9.17) is 20.9 Å². The minimum absolute atomic E-state index is 0. The second kappa shape index (κ2) is 13.0. The number of amides is 1. The normalized spacial score (nSPS) is 14.0. The summed E-state index contributed by atoms with van der Waals surface area (Å²) in [5.74, 6) is 0.706. The molecule has 0 radical (unpaired) electrons. The minimum atomic E-state index is -0.255. The molecule has 0 unspecified atom stereocenters. The summed E-state index contributed by atoms with van der Waals surface area (Å²) in [6, 6.07) is 13.3. The molecule has 1 aliphatic heterocycles. The molecule has 0 bridgehead atoms. The van der Waals surface area contributed by atoms with Crippen molar-refractivity contribution in [3.8, 4) is 17.0 Å². The largest absolute Gasteiger partial charge is 0.496 e. The van der Waals surface area contributed by atoms with Crippen molar-refractivity contribution < 1.29 is 13.8 Å². The van der Waals surface area contributed by atoms with Crippen LogP contribution >= 0.6 is 0 Å². The lowest BCUT2D eigenvalue weighted by molar-refractivity contribution is -0.111. The molecular formula is C29H43N9O2. The van der Waals surface area contributed by atoms with E-state index in [1.54, 1.807) is 31.4 Å². The molecular weight excluding hydrogens is 506 g/mol. The van der Waals surface area contributed by atoms with Crippen LogP contribution in [0.25, 0.3) is 11.3 Å². The third-order valence-corrected chi connectivity index (χ3v) is 6.55. The number of methoxy groups -OCH3 is 1. The van der Waals surface area contributed by atoms with Crippen molar-refractivity contribution in [3.05, 3.63) is 60.2 Å². The molecule has 3 aromatic rings. The average molecular weight is 550 g/mol. The Bertz CT molecular complexity index is 1400. The van der Waals surface area contributed by atoms with Crippen molar-refractivity contribution in [2.45, 2.75) is 0 Å². The van der Waals surface area contributed by atoms with Gasteiger partial charge in [-0.1, -0.05) is 12.1 Å². The number of aromatic nitrogens is 2. The van der Waals surface area contributed by atoms with Crippen LogP contribution in [-0.2, 0) is 4.79 Å². The highest BCUT2D eigenvalue weighted by Crippen LogP contribution is 2.35. The van der Waals surface area contributed by atoms with Gasteiger partial charge in [0.1, 0.15) is 11.6 Å². The maximum absolute atomic E-state index is 12.4. The molecule has 0 saturated carbocycles. The second-order valence-corrected chi connectivity index (χ2v) is 9.87. The van der Waals surface area contributed by atoms with Gasteiger partial charge in [-0.3, -0.25) is 4.79 Å². The van der Waals surface area contributed by atoms with E-state index in [9.17, 15) is 4.79 Å². The van der Waals surface area contributed by atoms with Crippen molar-refractivity contribution in [1.29, 1.82) is 5.41 Å². The zero-order valence-corrected chi connectivity index (χ0v) is 23.4. The SMILES string of the molecule is COc1ccc(NC(=O)/C=C/CN(C)C)cc1-c1nc(Nc2cccc(N3CCN(C)CC3)c2)nc(N)c1C=N.[HH].[HH].[HH]. The molecule has 2 heterocycles. The molecule has 1 aromatic heterocycles. The van der Waals surface area contributed by atoms with Gasteiger partial charge in [0.25, 0.3) is 0 Å². The van der Waals surface area contributed by atoms with Gasteiger partial charge in [-0.05, 0) is 57.5 Å². The Morgan fingerprint density at radius 2 is 1.93 bits per heavy atom. The molecule has 11 heteroatoms. The van der Waals surface area contributed by atoms with Crippen LogP contribution in [0, 0.1) is 5.41 Å². The summed E-state index contributed by atoms with van der Waals surface area (Å²) in [6.45, 7) is 4.59. The molecule has 0 spiro atoms. The molecule has 0 aliphatic carbocycles. The van der Waals surface area contributed by atoms with Gasteiger partial charge in [-0.15, -0.1) is 0 Å². The van der Waals surface area contributed by atoms with E-state index in [-0.39, 0.29) is 22.0 Å². The fraction of sp³-hybridized carbons (Fsp3) is 0.310. The van der Waals surface area contributed by atoms with E-state index in [0.29, 0.717) is 34.8 Å². The number of hydrogen-bond donors (Lipinski definition) is 4. The zero-order chi connectivity index (χ0) is 28.6. The number of carbonyl (C=O) groups excluding carboxylic acids is 1. The van der Waals surface area contributed by atoms with Gasteiger partial charge in [0.05, 0.1) is 18.4 Å². The van der Waals surface area contributed by atoms with Crippen LogP contribution < -0.4 is 26.0 Å². The van der Waals surface area contributed by atoms with Crippen LogP contribution in [0.2, 0.25) is 0 Å².